The first-order chi connectivity index (χ1) is 9.42. The molecule has 2 rings (SSSR count). The summed E-state index contributed by atoms with van der Waals surface area (Å²) in [6, 6.07) is 2.65. The van der Waals surface area contributed by atoms with Crippen LogP contribution < -0.4 is 9.46 Å². The Morgan fingerprint density at radius 3 is 2.55 bits per heavy atom. The first-order valence-electron chi connectivity index (χ1n) is 5.25. The minimum atomic E-state index is -3.83. The van der Waals surface area contributed by atoms with Gasteiger partial charge in [0.25, 0.3) is 10.0 Å². The molecule has 2 heterocycles. The van der Waals surface area contributed by atoms with Gasteiger partial charge in [0.05, 0.1) is 23.4 Å². The van der Waals surface area contributed by atoms with Crippen molar-refractivity contribution in [3.8, 4) is 5.75 Å². The lowest BCUT2D eigenvalue weighted by Gasteiger charge is -2.08. The van der Waals surface area contributed by atoms with E-state index in [-0.39, 0.29) is 20.8 Å². The van der Waals surface area contributed by atoms with Crippen molar-refractivity contribution in [2.75, 3.05) is 11.8 Å². The van der Waals surface area contributed by atoms with E-state index in [9.17, 15) is 8.42 Å². The van der Waals surface area contributed by atoms with Gasteiger partial charge >= 0.3 is 0 Å². The van der Waals surface area contributed by atoms with Crippen LogP contribution in [0, 0.1) is 0 Å². The van der Waals surface area contributed by atoms with Gasteiger partial charge < -0.3 is 4.74 Å². The van der Waals surface area contributed by atoms with Crippen LogP contribution in [-0.2, 0) is 10.0 Å². The van der Waals surface area contributed by atoms with E-state index in [1.165, 1.54) is 37.8 Å². The Kier molecular flexibility index (Phi) is 4.32. The van der Waals surface area contributed by atoms with Gasteiger partial charge in [-0.05, 0) is 0 Å². The third-order valence-corrected chi connectivity index (χ3v) is 4.31. The highest BCUT2D eigenvalue weighted by molar-refractivity contribution is 7.92. The van der Waals surface area contributed by atoms with Crippen LogP contribution in [0.4, 0.5) is 5.82 Å². The molecule has 0 unspecified atom stereocenters. The molecule has 0 atom stereocenters. The van der Waals surface area contributed by atoms with Crippen molar-refractivity contribution in [1.82, 2.24) is 9.97 Å². The smallest absolute Gasteiger partial charge is 0.264 e. The third kappa shape index (κ3) is 3.30. The molecule has 0 aliphatic carbocycles. The van der Waals surface area contributed by atoms with E-state index in [0.29, 0.717) is 5.75 Å². The number of halogens is 2. The van der Waals surface area contributed by atoms with Gasteiger partial charge in [-0.1, -0.05) is 23.2 Å². The standard InChI is InChI=1S/C11H9Cl2N3O3S/c1-19-7-2-8(5-14-4-7)20(17,18)16-11-3-9(12)10(13)6-15-11/h2-6H,1H3,(H,15,16). The average Bonchev–Trinajstić information content (AvgIpc) is 2.43. The van der Waals surface area contributed by atoms with Crippen LogP contribution in [0.5, 0.6) is 5.75 Å². The number of anilines is 1. The molecule has 6 nitrogen and oxygen atoms in total. The normalized spacial score (nSPS) is 11.2. The molecular weight excluding hydrogens is 325 g/mol. The molecule has 0 aromatic carbocycles. The van der Waals surface area contributed by atoms with Crippen molar-refractivity contribution in [2.24, 2.45) is 0 Å². The fourth-order valence-electron chi connectivity index (χ4n) is 1.32. The van der Waals surface area contributed by atoms with Crippen molar-refractivity contribution in [2.45, 2.75) is 4.90 Å². The Morgan fingerprint density at radius 1 is 1.15 bits per heavy atom. The van der Waals surface area contributed by atoms with Gasteiger partial charge in [-0.25, -0.2) is 13.4 Å². The van der Waals surface area contributed by atoms with Gasteiger partial charge in [0.2, 0.25) is 0 Å². The van der Waals surface area contributed by atoms with Gasteiger partial charge in [-0.3, -0.25) is 9.71 Å². The second-order valence-electron chi connectivity index (χ2n) is 3.65. The summed E-state index contributed by atoms with van der Waals surface area (Å²) in [4.78, 5) is 7.57. The zero-order chi connectivity index (χ0) is 14.8. The maximum atomic E-state index is 12.1. The minimum Gasteiger partial charge on any atom is -0.495 e. The van der Waals surface area contributed by atoms with Crippen molar-refractivity contribution < 1.29 is 13.2 Å². The third-order valence-electron chi connectivity index (χ3n) is 2.28. The molecule has 2 aromatic rings. The summed E-state index contributed by atoms with van der Waals surface area (Å²) >= 11 is 11.5. The lowest BCUT2D eigenvalue weighted by atomic mass is 10.5. The molecule has 2 aromatic heterocycles. The highest BCUT2D eigenvalue weighted by Gasteiger charge is 2.16. The molecule has 0 fully saturated rings. The van der Waals surface area contributed by atoms with E-state index in [0.717, 1.165) is 0 Å². The first-order valence-corrected chi connectivity index (χ1v) is 7.49. The summed E-state index contributed by atoms with van der Waals surface area (Å²) in [7, 11) is -2.41. The van der Waals surface area contributed by atoms with Crippen molar-refractivity contribution in [3.63, 3.8) is 0 Å². The van der Waals surface area contributed by atoms with E-state index < -0.39 is 10.0 Å². The van der Waals surface area contributed by atoms with Gasteiger partial charge in [-0.2, -0.15) is 0 Å². The van der Waals surface area contributed by atoms with Crippen LogP contribution in [0.3, 0.4) is 0 Å². The lowest BCUT2D eigenvalue weighted by molar-refractivity contribution is 0.411. The number of aromatic nitrogens is 2. The Hall–Kier alpha value is -1.57. The van der Waals surface area contributed by atoms with Crippen molar-refractivity contribution in [1.29, 1.82) is 0 Å². The summed E-state index contributed by atoms with van der Waals surface area (Å²) in [6.45, 7) is 0. The number of nitrogens with zero attached hydrogens (tertiary/aromatic N) is 2. The largest absolute Gasteiger partial charge is 0.495 e. The molecule has 0 spiro atoms. The zero-order valence-electron chi connectivity index (χ0n) is 10.2. The van der Waals surface area contributed by atoms with E-state index in [1.807, 2.05) is 0 Å². The van der Waals surface area contributed by atoms with Gasteiger partial charge in [-0.15, -0.1) is 0 Å². The first kappa shape index (κ1) is 14.8. The molecule has 0 aliphatic heterocycles. The monoisotopic (exact) mass is 333 g/mol. The Bertz CT molecular complexity index is 737. The SMILES string of the molecule is COc1cncc(S(=O)(=O)Nc2cc(Cl)c(Cl)cn2)c1. The van der Waals surface area contributed by atoms with Crippen molar-refractivity contribution >= 4 is 39.0 Å². The molecule has 0 aliphatic rings. The number of sulfonamides is 1. The van der Waals surface area contributed by atoms with Crippen LogP contribution in [-0.4, -0.2) is 25.5 Å². The Labute approximate surface area is 125 Å². The van der Waals surface area contributed by atoms with E-state index in [2.05, 4.69) is 14.7 Å². The molecule has 0 bridgehead atoms. The number of hydrogen-bond acceptors (Lipinski definition) is 5. The molecule has 20 heavy (non-hydrogen) atoms. The number of ether oxygens (including phenoxy) is 1. The molecule has 1 N–H and O–H groups in total. The molecule has 0 saturated heterocycles. The predicted molar refractivity (Wildman–Crippen MR) is 75.9 cm³/mol. The van der Waals surface area contributed by atoms with Crippen molar-refractivity contribution in [3.05, 3.63) is 40.8 Å². The number of pyridine rings is 2. The maximum Gasteiger partial charge on any atom is 0.264 e. The van der Waals surface area contributed by atoms with Gasteiger partial charge in [0, 0.05) is 24.5 Å². The highest BCUT2D eigenvalue weighted by Crippen LogP contribution is 2.24. The molecule has 106 valence electrons. The zero-order valence-corrected chi connectivity index (χ0v) is 12.5. The summed E-state index contributed by atoms with van der Waals surface area (Å²) in [6.07, 6.45) is 3.85. The Balaban J connectivity index is 2.32. The van der Waals surface area contributed by atoms with E-state index in [4.69, 9.17) is 27.9 Å². The molecule has 0 saturated carbocycles. The summed E-state index contributed by atoms with van der Waals surface area (Å²) < 4.78 is 31.5. The van der Waals surface area contributed by atoms with Gasteiger partial charge in [0.1, 0.15) is 16.5 Å². The number of hydrogen-bond donors (Lipinski definition) is 1. The lowest BCUT2D eigenvalue weighted by Crippen LogP contribution is -2.14. The number of rotatable bonds is 4. The fourth-order valence-corrected chi connectivity index (χ4v) is 2.56. The molecule has 9 heteroatoms. The van der Waals surface area contributed by atoms with Crippen LogP contribution in [0.1, 0.15) is 0 Å². The molecular formula is C11H9Cl2N3O3S. The van der Waals surface area contributed by atoms with E-state index >= 15 is 0 Å². The number of nitrogens with one attached hydrogen (secondary N) is 1. The quantitative estimate of drug-likeness (QED) is 0.929. The molecule has 0 amide bonds. The van der Waals surface area contributed by atoms with Crippen LogP contribution in [0.2, 0.25) is 10.0 Å². The minimum absolute atomic E-state index is 0.0512. The fraction of sp³-hybridized carbons (Fsp3) is 0.0909. The predicted octanol–water partition coefficient (Wildman–Crippen LogP) is 2.59. The average molecular weight is 334 g/mol. The summed E-state index contributed by atoms with van der Waals surface area (Å²) in [5.41, 5.74) is 0. The van der Waals surface area contributed by atoms with E-state index in [1.54, 1.807) is 0 Å². The number of methoxy groups -OCH3 is 1. The summed E-state index contributed by atoms with van der Waals surface area (Å²) in [5.74, 6) is 0.386. The second kappa shape index (κ2) is 5.82. The Morgan fingerprint density at radius 2 is 1.90 bits per heavy atom. The highest BCUT2D eigenvalue weighted by atomic mass is 35.5. The second-order valence-corrected chi connectivity index (χ2v) is 6.15. The van der Waals surface area contributed by atoms with Crippen LogP contribution in [0.25, 0.3) is 0 Å². The molecule has 0 radical (unpaired) electrons. The summed E-state index contributed by atoms with van der Waals surface area (Å²) in [5, 5.41) is 0.431. The van der Waals surface area contributed by atoms with Crippen LogP contribution in [0.15, 0.2) is 35.6 Å². The van der Waals surface area contributed by atoms with Crippen LogP contribution >= 0.6 is 23.2 Å². The van der Waals surface area contributed by atoms with Gasteiger partial charge in [0.15, 0.2) is 0 Å². The maximum absolute atomic E-state index is 12.1. The topological polar surface area (TPSA) is 81.2 Å².